The van der Waals surface area contributed by atoms with Crippen molar-refractivity contribution < 1.29 is 48.3 Å². The Morgan fingerprint density at radius 2 is 0.784 bits per heavy atom. The zero-order chi connectivity index (χ0) is 53.7. The number of nitrogens with zero attached hydrogens (tertiary/aromatic N) is 1. The van der Waals surface area contributed by atoms with Crippen molar-refractivity contribution >= 4 is 122 Å². The van der Waals surface area contributed by atoms with Gasteiger partial charge >= 0.3 is 11.9 Å². The molecule has 0 saturated heterocycles. The maximum absolute atomic E-state index is 12.2. The molecule has 0 spiro atoms. The van der Waals surface area contributed by atoms with Crippen LogP contribution in [0.2, 0.25) is 30.1 Å². The normalized spacial score (nSPS) is 10.5. The smallest absolute Gasteiger partial charge is 0.310 e. The van der Waals surface area contributed by atoms with Crippen LogP contribution in [0.3, 0.4) is 0 Å². The van der Waals surface area contributed by atoms with Gasteiger partial charge in [0, 0.05) is 37.8 Å². The van der Waals surface area contributed by atoms with Crippen molar-refractivity contribution in [3.63, 3.8) is 0 Å². The van der Waals surface area contributed by atoms with Gasteiger partial charge in [-0.25, -0.2) is 0 Å². The molecule has 0 aliphatic carbocycles. The maximum Gasteiger partial charge on any atom is 0.310 e. The van der Waals surface area contributed by atoms with Crippen molar-refractivity contribution in [2.45, 2.75) is 19.3 Å². The number of aliphatic hydroxyl groups is 2. The third-order valence-electron chi connectivity index (χ3n) is 10.2. The van der Waals surface area contributed by atoms with E-state index in [1.807, 2.05) is 72.8 Å². The molecule has 14 nitrogen and oxygen atoms in total. The monoisotopic (exact) mass is 1130 g/mol. The number of likely N-dealkylation sites (N-methyl/N-ethyl adjacent to an activating group) is 1. The lowest BCUT2D eigenvalue weighted by atomic mass is 10.1. The van der Waals surface area contributed by atoms with Crippen LogP contribution in [-0.2, 0) is 57.3 Å². The second kappa shape index (κ2) is 34.3. The van der Waals surface area contributed by atoms with Gasteiger partial charge in [-0.2, -0.15) is 0 Å². The number of ether oxygens (including phenoxy) is 5. The van der Waals surface area contributed by atoms with Gasteiger partial charge in [-0.15, -0.1) is 0 Å². The lowest BCUT2D eigenvalue weighted by Gasteiger charge is -2.18. The van der Waals surface area contributed by atoms with E-state index in [1.54, 1.807) is 68.8 Å². The summed E-state index contributed by atoms with van der Waals surface area (Å²) in [4.78, 5) is 37.7. The Morgan fingerprint density at radius 3 is 1.14 bits per heavy atom. The predicted molar refractivity (Wildman–Crippen MR) is 297 cm³/mol. The fourth-order valence-electron chi connectivity index (χ4n) is 6.47. The van der Waals surface area contributed by atoms with Gasteiger partial charge in [-0.3, -0.25) is 14.4 Å². The summed E-state index contributed by atoms with van der Waals surface area (Å²) in [5, 5.41) is 30.1. The lowest BCUT2D eigenvalue weighted by Crippen LogP contribution is -2.30. The number of halogens is 6. The number of carbonyl (C=O) groups excluding carboxylic acids is 3. The maximum atomic E-state index is 12.2. The fraction of sp³-hybridized carbons (Fsp3) is 0.278. The van der Waals surface area contributed by atoms with Crippen LogP contribution < -0.4 is 16.0 Å². The Kier molecular flexibility index (Phi) is 28.4. The second-order valence-electron chi connectivity index (χ2n) is 15.6. The topological polar surface area (TPSA) is 177 Å². The van der Waals surface area contributed by atoms with E-state index in [9.17, 15) is 14.4 Å². The number of hydrogen-bond acceptors (Lipinski definition) is 13. The molecular formula is C54H58Cl6N4O10. The zero-order valence-corrected chi connectivity index (χ0v) is 45.2. The van der Waals surface area contributed by atoms with E-state index in [4.69, 9.17) is 104 Å². The van der Waals surface area contributed by atoms with E-state index in [0.29, 0.717) is 73.6 Å². The lowest BCUT2D eigenvalue weighted by molar-refractivity contribution is -0.145. The van der Waals surface area contributed by atoms with Crippen LogP contribution in [0.5, 0.6) is 0 Å². The molecule has 74 heavy (non-hydrogen) atoms. The average molecular weight is 1140 g/mol. The molecule has 0 aliphatic rings. The van der Waals surface area contributed by atoms with E-state index in [2.05, 4.69) is 16.0 Å². The van der Waals surface area contributed by atoms with Crippen LogP contribution in [0.25, 0.3) is 0 Å². The summed E-state index contributed by atoms with van der Waals surface area (Å²) >= 11 is 37.1. The number of nitrogens with one attached hydrogen (secondary N) is 3. The number of methoxy groups -OCH3 is 1. The summed E-state index contributed by atoms with van der Waals surface area (Å²) in [6.07, 6.45) is 0.455. The van der Waals surface area contributed by atoms with Gasteiger partial charge in [0.15, 0.2) is 0 Å². The van der Waals surface area contributed by atoms with Gasteiger partial charge < -0.3 is 54.7 Å². The molecule has 0 bridgehead atoms. The highest BCUT2D eigenvalue weighted by atomic mass is 35.5. The summed E-state index contributed by atoms with van der Waals surface area (Å²) in [6.45, 7) is 2.34. The number of aliphatic hydroxyl groups excluding tert-OH is 2. The number of rotatable bonds is 25. The van der Waals surface area contributed by atoms with Gasteiger partial charge in [0.05, 0.1) is 113 Å². The summed E-state index contributed by atoms with van der Waals surface area (Å²) in [6, 6.07) is 38.0. The summed E-state index contributed by atoms with van der Waals surface area (Å²) < 4.78 is 25.5. The van der Waals surface area contributed by atoms with E-state index in [1.165, 1.54) is 4.90 Å². The SMILES string of the molecule is CN(CCO)C(=O)Cc1ccccc1Nc1c(Cl)cccc1Cl.COCCOCCOC(=O)Cc1ccccc1Nc1c(Cl)cccc1Cl.O=C(Cc1ccccc1Nc1c(Cl)cccc1Cl)OCCOCCO. The van der Waals surface area contributed by atoms with Crippen molar-refractivity contribution in [1.29, 1.82) is 0 Å². The molecule has 20 heteroatoms. The molecule has 0 atom stereocenters. The van der Waals surface area contributed by atoms with E-state index in [0.717, 1.165) is 33.8 Å². The molecule has 6 aromatic carbocycles. The fourth-order valence-corrected chi connectivity index (χ4v) is 7.95. The molecule has 5 N–H and O–H groups in total. The molecule has 0 radical (unpaired) electrons. The number of carbonyl (C=O) groups is 3. The van der Waals surface area contributed by atoms with Crippen LogP contribution in [0.4, 0.5) is 34.1 Å². The average Bonchev–Trinajstić information content (AvgIpc) is 3.38. The van der Waals surface area contributed by atoms with E-state index in [-0.39, 0.29) is 76.7 Å². The number of hydrogen-bond donors (Lipinski definition) is 5. The first-order chi connectivity index (χ1) is 35.8. The Hall–Kier alpha value is -5.33. The molecule has 0 heterocycles. The molecule has 0 aliphatic heterocycles. The molecular weight excluding hydrogens is 1080 g/mol. The number of benzene rings is 6. The van der Waals surface area contributed by atoms with Gasteiger partial charge in [-0.05, 0) is 71.3 Å². The Labute approximate surface area is 461 Å². The van der Waals surface area contributed by atoms with Crippen molar-refractivity contribution in [1.82, 2.24) is 4.90 Å². The quantitative estimate of drug-likeness (QED) is 0.0271. The third-order valence-corrected chi connectivity index (χ3v) is 12.1. The zero-order valence-electron chi connectivity index (χ0n) is 40.7. The standard InChI is InChI=1S/C19H21Cl2NO4.C18H19Cl2NO4.C17H18Cl2N2O2/c1-24-9-10-25-11-12-26-18(23)13-14-5-2-3-8-17(14)22-19-15(20)6-4-7-16(19)21;19-14-5-3-6-15(20)18(14)21-16-7-2-1-4-13(16)12-17(23)25-11-10-24-9-8-22;1-21(9-10-22)16(23)11-12-5-2-3-8-15(12)20-17-13(18)6-4-7-14(17)19/h2-8,22H,9-13H2,1H3;1-7,21-22H,8-12H2;2-8,20,22H,9-11H2,1H3. The first-order valence-corrected chi connectivity index (χ1v) is 25.3. The highest BCUT2D eigenvalue weighted by Crippen LogP contribution is 2.36. The van der Waals surface area contributed by atoms with Crippen molar-refractivity contribution in [2.24, 2.45) is 0 Å². The van der Waals surface area contributed by atoms with Gasteiger partial charge in [0.2, 0.25) is 5.91 Å². The van der Waals surface area contributed by atoms with Crippen molar-refractivity contribution in [3.05, 3.63) is 174 Å². The highest BCUT2D eigenvalue weighted by molar-refractivity contribution is 6.40. The number of esters is 2. The number of para-hydroxylation sites is 6. The molecule has 0 fully saturated rings. The number of amides is 1. The van der Waals surface area contributed by atoms with Crippen LogP contribution in [0.15, 0.2) is 127 Å². The Morgan fingerprint density at radius 1 is 0.446 bits per heavy atom. The largest absolute Gasteiger partial charge is 0.463 e. The van der Waals surface area contributed by atoms with Crippen LogP contribution in [0.1, 0.15) is 16.7 Å². The minimum Gasteiger partial charge on any atom is -0.463 e. The molecule has 0 saturated carbocycles. The minimum absolute atomic E-state index is 0.0579. The van der Waals surface area contributed by atoms with Gasteiger partial charge in [0.25, 0.3) is 0 Å². The minimum atomic E-state index is -0.368. The summed E-state index contributed by atoms with van der Waals surface area (Å²) in [5.41, 5.74) is 6.42. The summed E-state index contributed by atoms with van der Waals surface area (Å²) in [7, 11) is 3.27. The Balaban J connectivity index is 0.000000241. The van der Waals surface area contributed by atoms with Crippen LogP contribution in [-0.4, -0.2) is 113 Å². The first kappa shape index (κ1) is 61.2. The molecule has 396 valence electrons. The number of anilines is 6. The van der Waals surface area contributed by atoms with Gasteiger partial charge in [0.1, 0.15) is 13.2 Å². The van der Waals surface area contributed by atoms with E-state index < -0.39 is 0 Å². The molecule has 1 amide bonds. The van der Waals surface area contributed by atoms with Gasteiger partial charge in [-0.1, -0.05) is 142 Å². The first-order valence-electron chi connectivity index (χ1n) is 23.0. The second-order valence-corrected chi connectivity index (χ2v) is 18.0. The van der Waals surface area contributed by atoms with E-state index >= 15 is 0 Å². The third kappa shape index (κ3) is 21.5. The van der Waals surface area contributed by atoms with Crippen LogP contribution in [0, 0.1) is 0 Å². The molecule has 6 rings (SSSR count). The van der Waals surface area contributed by atoms with Crippen molar-refractivity contribution in [2.75, 3.05) is 96.1 Å². The summed E-state index contributed by atoms with van der Waals surface area (Å²) in [5.74, 6) is -0.773. The molecule has 6 aromatic rings. The highest BCUT2D eigenvalue weighted by Gasteiger charge is 2.16. The Bertz CT molecular complexity index is 2640. The predicted octanol–water partition coefficient (Wildman–Crippen LogP) is 12.0. The molecule has 0 aromatic heterocycles. The molecule has 0 unspecified atom stereocenters. The van der Waals surface area contributed by atoms with Crippen molar-refractivity contribution in [3.8, 4) is 0 Å². The van der Waals surface area contributed by atoms with Crippen LogP contribution >= 0.6 is 69.6 Å².